The number of hydrogen-bond acceptors (Lipinski definition) is 4. The summed E-state index contributed by atoms with van der Waals surface area (Å²) in [5, 5.41) is 6.06. The van der Waals surface area contributed by atoms with Crippen molar-refractivity contribution in [2.75, 3.05) is 24.6 Å². The van der Waals surface area contributed by atoms with Gasteiger partial charge in [-0.1, -0.05) is 12.8 Å². The number of carbonyl (C=O) groups excluding carboxylic acids is 1. The minimum absolute atomic E-state index is 0.0220. The van der Waals surface area contributed by atoms with Crippen LogP contribution in [0.1, 0.15) is 32.1 Å². The molecule has 1 unspecified atom stereocenters. The van der Waals surface area contributed by atoms with Crippen molar-refractivity contribution < 1.29 is 13.2 Å². The Hall–Kier alpha value is -0.620. The third kappa shape index (κ3) is 4.24. The standard InChI is InChI=1S/C12H22N2O3S/c15-12(8-13-11-3-1-2-4-11)14-7-10-5-6-18(16,17)9-10/h10-11,13H,1-9H2,(H,14,15). The highest BCUT2D eigenvalue weighted by molar-refractivity contribution is 7.91. The lowest BCUT2D eigenvalue weighted by Crippen LogP contribution is -2.40. The number of rotatable bonds is 5. The van der Waals surface area contributed by atoms with Crippen LogP contribution in [-0.4, -0.2) is 45.0 Å². The Morgan fingerprint density at radius 2 is 1.89 bits per heavy atom. The van der Waals surface area contributed by atoms with Gasteiger partial charge in [-0.25, -0.2) is 8.42 Å². The van der Waals surface area contributed by atoms with E-state index < -0.39 is 9.84 Å². The highest BCUT2D eigenvalue weighted by Crippen LogP contribution is 2.18. The van der Waals surface area contributed by atoms with Crippen molar-refractivity contribution >= 4 is 15.7 Å². The van der Waals surface area contributed by atoms with Crippen molar-refractivity contribution in [3.63, 3.8) is 0 Å². The number of hydrogen-bond donors (Lipinski definition) is 2. The first kappa shape index (κ1) is 13.8. The topological polar surface area (TPSA) is 75.3 Å². The van der Waals surface area contributed by atoms with E-state index in [0.29, 0.717) is 25.6 Å². The molecule has 1 saturated carbocycles. The first-order chi connectivity index (χ1) is 8.55. The largest absolute Gasteiger partial charge is 0.355 e. The van der Waals surface area contributed by atoms with Gasteiger partial charge in [0.15, 0.2) is 9.84 Å². The van der Waals surface area contributed by atoms with Gasteiger partial charge < -0.3 is 10.6 Å². The lowest BCUT2D eigenvalue weighted by molar-refractivity contribution is -0.120. The second-order valence-electron chi connectivity index (χ2n) is 5.44. The Labute approximate surface area is 109 Å². The van der Waals surface area contributed by atoms with Crippen LogP contribution in [0.3, 0.4) is 0 Å². The lowest BCUT2D eigenvalue weighted by Gasteiger charge is -2.13. The molecule has 104 valence electrons. The molecule has 2 N–H and O–H groups in total. The van der Waals surface area contributed by atoms with Crippen LogP contribution < -0.4 is 10.6 Å². The third-order valence-corrected chi connectivity index (χ3v) is 5.66. The zero-order valence-electron chi connectivity index (χ0n) is 10.7. The van der Waals surface area contributed by atoms with Gasteiger partial charge in [0.05, 0.1) is 18.1 Å². The summed E-state index contributed by atoms with van der Waals surface area (Å²) in [6, 6.07) is 0.489. The van der Waals surface area contributed by atoms with Crippen molar-refractivity contribution in [1.82, 2.24) is 10.6 Å². The summed E-state index contributed by atoms with van der Waals surface area (Å²) in [6.45, 7) is 0.842. The van der Waals surface area contributed by atoms with E-state index in [4.69, 9.17) is 0 Å². The summed E-state index contributed by atoms with van der Waals surface area (Å²) in [5.41, 5.74) is 0. The maximum absolute atomic E-state index is 11.6. The van der Waals surface area contributed by atoms with Crippen LogP contribution in [0.15, 0.2) is 0 Å². The summed E-state index contributed by atoms with van der Waals surface area (Å²) < 4.78 is 22.5. The number of amides is 1. The molecule has 6 heteroatoms. The smallest absolute Gasteiger partial charge is 0.233 e. The molecule has 1 heterocycles. The number of nitrogens with one attached hydrogen (secondary N) is 2. The summed E-state index contributed by atoms with van der Waals surface area (Å²) in [5.74, 6) is 0.577. The second-order valence-corrected chi connectivity index (χ2v) is 7.66. The molecule has 2 rings (SSSR count). The Morgan fingerprint density at radius 1 is 1.17 bits per heavy atom. The van der Waals surface area contributed by atoms with Gasteiger partial charge in [-0.2, -0.15) is 0 Å². The fourth-order valence-electron chi connectivity index (χ4n) is 2.72. The van der Waals surface area contributed by atoms with Gasteiger partial charge in [-0.3, -0.25) is 4.79 Å². The molecule has 1 saturated heterocycles. The molecule has 0 spiro atoms. The van der Waals surface area contributed by atoms with E-state index in [-0.39, 0.29) is 23.3 Å². The van der Waals surface area contributed by atoms with Gasteiger partial charge in [-0.15, -0.1) is 0 Å². The molecular formula is C12H22N2O3S. The van der Waals surface area contributed by atoms with Crippen molar-refractivity contribution in [2.45, 2.75) is 38.1 Å². The van der Waals surface area contributed by atoms with Crippen LogP contribution in [-0.2, 0) is 14.6 Å². The predicted octanol–water partition coefficient (Wildman–Crippen LogP) is 0.0695. The predicted molar refractivity (Wildman–Crippen MR) is 70.0 cm³/mol. The summed E-state index contributed by atoms with van der Waals surface area (Å²) in [4.78, 5) is 11.6. The summed E-state index contributed by atoms with van der Waals surface area (Å²) >= 11 is 0. The monoisotopic (exact) mass is 274 g/mol. The van der Waals surface area contributed by atoms with Crippen molar-refractivity contribution in [2.24, 2.45) is 5.92 Å². The quantitative estimate of drug-likeness (QED) is 0.744. The highest BCUT2D eigenvalue weighted by Gasteiger charge is 2.27. The van der Waals surface area contributed by atoms with Gasteiger partial charge in [0.1, 0.15) is 0 Å². The van der Waals surface area contributed by atoms with Crippen LogP contribution >= 0.6 is 0 Å². The fourth-order valence-corrected chi connectivity index (χ4v) is 4.58. The zero-order valence-corrected chi connectivity index (χ0v) is 11.5. The van der Waals surface area contributed by atoms with Gasteiger partial charge in [0.25, 0.3) is 0 Å². The average molecular weight is 274 g/mol. The molecule has 0 radical (unpaired) electrons. The van der Waals surface area contributed by atoms with E-state index in [9.17, 15) is 13.2 Å². The third-order valence-electron chi connectivity index (χ3n) is 3.82. The maximum atomic E-state index is 11.6. The maximum Gasteiger partial charge on any atom is 0.233 e. The fraction of sp³-hybridized carbons (Fsp3) is 0.917. The Kier molecular flexibility index (Phi) is 4.61. The molecule has 1 aliphatic heterocycles. The summed E-state index contributed by atoms with van der Waals surface area (Å²) in [7, 11) is -2.84. The first-order valence-electron chi connectivity index (χ1n) is 6.76. The van der Waals surface area contributed by atoms with E-state index in [1.165, 1.54) is 12.8 Å². The Bertz CT molecular complexity index is 388. The van der Waals surface area contributed by atoms with Crippen LogP contribution in [0.2, 0.25) is 0 Å². The molecule has 0 aromatic rings. The second kappa shape index (κ2) is 6.02. The van der Waals surface area contributed by atoms with E-state index in [1.54, 1.807) is 0 Å². The molecule has 5 nitrogen and oxygen atoms in total. The molecule has 2 aliphatic rings. The minimum atomic E-state index is -2.84. The Morgan fingerprint density at radius 3 is 2.50 bits per heavy atom. The van der Waals surface area contributed by atoms with Crippen LogP contribution in [0.25, 0.3) is 0 Å². The van der Waals surface area contributed by atoms with Crippen molar-refractivity contribution in [1.29, 1.82) is 0 Å². The molecule has 1 aliphatic carbocycles. The average Bonchev–Trinajstić information content (AvgIpc) is 2.93. The van der Waals surface area contributed by atoms with E-state index in [2.05, 4.69) is 10.6 Å². The van der Waals surface area contributed by atoms with Crippen LogP contribution in [0.5, 0.6) is 0 Å². The molecule has 1 amide bonds. The molecular weight excluding hydrogens is 252 g/mol. The SMILES string of the molecule is O=C(CNC1CCCC1)NCC1CCS(=O)(=O)C1. The number of carbonyl (C=O) groups is 1. The van der Waals surface area contributed by atoms with Gasteiger partial charge in [-0.05, 0) is 25.2 Å². The molecule has 1 atom stereocenters. The number of sulfone groups is 1. The first-order valence-corrected chi connectivity index (χ1v) is 8.58. The molecule has 18 heavy (non-hydrogen) atoms. The molecule has 2 fully saturated rings. The molecule has 0 aromatic carbocycles. The normalized spacial score (nSPS) is 27.4. The van der Waals surface area contributed by atoms with Crippen LogP contribution in [0, 0.1) is 5.92 Å². The van der Waals surface area contributed by atoms with Crippen molar-refractivity contribution in [3.05, 3.63) is 0 Å². The minimum Gasteiger partial charge on any atom is -0.355 e. The lowest BCUT2D eigenvalue weighted by atomic mass is 10.1. The van der Waals surface area contributed by atoms with Crippen LogP contribution in [0.4, 0.5) is 0 Å². The van der Waals surface area contributed by atoms with E-state index in [0.717, 1.165) is 12.8 Å². The molecule has 0 aromatic heterocycles. The Balaban J connectivity index is 1.60. The van der Waals surface area contributed by atoms with Gasteiger partial charge in [0.2, 0.25) is 5.91 Å². The van der Waals surface area contributed by atoms with Crippen molar-refractivity contribution in [3.8, 4) is 0 Å². The van der Waals surface area contributed by atoms with Gasteiger partial charge >= 0.3 is 0 Å². The molecule has 0 bridgehead atoms. The summed E-state index contributed by atoms with van der Waals surface area (Å²) in [6.07, 6.45) is 5.50. The van der Waals surface area contributed by atoms with Gasteiger partial charge in [0, 0.05) is 12.6 Å². The zero-order chi connectivity index (χ0) is 13.0. The van der Waals surface area contributed by atoms with E-state index >= 15 is 0 Å². The van der Waals surface area contributed by atoms with E-state index in [1.807, 2.05) is 0 Å². The highest BCUT2D eigenvalue weighted by atomic mass is 32.2.